The van der Waals surface area contributed by atoms with Crippen LogP contribution in [0.3, 0.4) is 0 Å². The number of carbonyl (C=O) groups is 1. The SMILES string of the molecule is CCOC(=O)[C@@H](C)n1cnc2c1c(=O)n(C[C@H]1CCCO1)c(=O)n2-c1ccccc1Cl. The van der Waals surface area contributed by atoms with Gasteiger partial charge in [-0.05, 0) is 38.8 Å². The predicted octanol–water partition coefficient (Wildman–Crippen LogP) is 2.31. The van der Waals surface area contributed by atoms with Crippen LogP contribution in [-0.2, 0) is 20.8 Å². The lowest BCUT2D eigenvalue weighted by Crippen LogP contribution is -2.42. The Labute approximate surface area is 182 Å². The number of imidazole rings is 1. The highest BCUT2D eigenvalue weighted by Gasteiger charge is 2.27. The molecule has 1 fully saturated rings. The van der Waals surface area contributed by atoms with Crippen LogP contribution in [0.15, 0.2) is 40.2 Å². The molecule has 4 rings (SSSR count). The number of rotatable bonds is 6. The summed E-state index contributed by atoms with van der Waals surface area (Å²) in [4.78, 5) is 43.5. The van der Waals surface area contributed by atoms with Crippen molar-refractivity contribution < 1.29 is 14.3 Å². The van der Waals surface area contributed by atoms with Crippen molar-refractivity contribution in [3.05, 3.63) is 56.5 Å². The van der Waals surface area contributed by atoms with Gasteiger partial charge in [0.2, 0.25) is 0 Å². The standard InChI is InChI=1S/C21H23ClN4O5/c1-3-30-20(28)13(2)25-12-23-18-17(25)19(27)24(11-14-7-6-10-31-14)21(29)26(18)16-9-5-4-8-15(16)22/h4-5,8-9,12-14H,3,6-7,10-11H2,1-2H3/t13-,14-/m1/s1. The normalized spacial score (nSPS) is 17.2. The number of benzene rings is 1. The minimum absolute atomic E-state index is 0.108. The van der Waals surface area contributed by atoms with Gasteiger partial charge < -0.3 is 14.0 Å². The number of hydrogen-bond donors (Lipinski definition) is 0. The van der Waals surface area contributed by atoms with E-state index in [1.165, 1.54) is 15.5 Å². The number of nitrogens with zero attached hydrogens (tertiary/aromatic N) is 4. The molecule has 0 unspecified atom stereocenters. The van der Waals surface area contributed by atoms with E-state index >= 15 is 0 Å². The van der Waals surface area contributed by atoms with E-state index in [9.17, 15) is 14.4 Å². The Bertz CT molecular complexity index is 1240. The molecule has 0 radical (unpaired) electrons. The first-order valence-corrected chi connectivity index (χ1v) is 10.6. The fourth-order valence-electron chi connectivity index (χ4n) is 3.82. The summed E-state index contributed by atoms with van der Waals surface area (Å²) < 4.78 is 14.6. The minimum atomic E-state index is -0.800. The molecule has 1 aliphatic heterocycles. The number of esters is 1. The molecule has 2 aromatic heterocycles. The van der Waals surface area contributed by atoms with Crippen LogP contribution in [-0.4, -0.2) is 44.0 Å². The number of para-hydroxylation sites is 1. The lowest BCUT2D eigenvalue weighted by molar-refractivity contribution is -0.146. The first-order valence-electron chi connectivity index (χ1n) is 10.2. The molecule has 0 aliphatic carbocycles. The van der Waals surface area contributed by atoms with Crippen molar-refractivity contribution in [1.29, 1.82) is 0 Å². The molecule has 0 N–H and O–H groups in total. The van der Waals surface area contributed by atoms with E-state index in [0.29, 0.717) is 17.3 Å². The first kappa shape index (κ1) is 21.3. The van der Waals surface area contributed by atoms with Gasteiger partial charge in [-0.1, -0.05) is 23.7 Å². The van der Waals surface area contributed by atoms with E-state index < -0.39 is 23.3 Å². The fourth-order valence-corrected chi connectivity index (χ4v) is 4.04. The van der Waals surface area contributed by atoms with E-state index in [1.54, 1.807) is 38.1 Å². The summed E-state index contributed by atoms with van der Waals surface area (Å²) in [5.41, 5.74) is -0.446. The second-order valence-corrected chi connectivity index (χ2v) is 7.78. The molecule has 1 aliphatic rings. The highest BCUT2D eigenvalue weighted by molar-refractivity contribution is 6.32. The number of halogens is 1. The molecule has 0 bridgehead atoms. The lowest BCUT2D eigenvalue weighted by Gasteiger charge is -2.17. The van der Waals surface area contributed by atoms with Crippen molar-refractivity contribution >= 4 is 28.7 Å². The van der Waals surface area contributed by atoms with Crippen LogP contribution < -0.4 is 11.2 Å². The largest absolute Gasteiger partial charge is 0.464 e. The Kier molecular flexibility index (Phi) is 5.97. The highest BCUT2D eigenvalue weighted by atomic mass is 35.5. The monoisotopic (exact) mass is 446 g/mol. The minimum Gasteiger partial charge on any atom is -0.464 e. The number of hydrogen-bond acceptors (Lipinski definition) is 6. The summed E-state index contributed by atoms with van der Waals surface area (Å²) in [6.45, 7) is 4.24. The van der Waals surface area contributed by atoms with Crippen molar-refractivity contribution in [1.82, 2.24) is 18.7 Å². The summed E-state index contributed by atoms with van der Waals surface area (Å²) in [5, 5.41) is 0.334. The molecule has 9 nitrogen and oxygen atoms in total. The molecule has 0 saturated carbocycles. The maximum atomic E-state index is 13.4. The quantitative estimate of drug-likeness (QED) is 0.539. The third-order valence-electron chi connectivity index (χ3n) is 5.40. The van der Waals surface area contributed by atoms with Crippen molar-refractivity contribution in [3.63, 3.8) is 0 Å². The number of ether oxygens (including phenoxy) is 2. The van der Waals surface area contributed by atoms with Gasteiger partial charge in [0.05, 0.1) is 36.3 Å². The van der Waals surface area contributed by atoms with Gasteiger partial charge >= 0.3 is 11.7 Å². The van der Waals surface area contributed by atoms with Crippen LogP contribution in [0, 0.1) is 0 Å². The third kappa shape index (κ3) is 3.79. The van der Waals surface area contributed by atoms with Gasteiger partial charge in [-0.3, -0.25) is 9.36 Å². The van der Waals surface area contributed by atoms with Crippen LogP contribution >= 0.6 is 11.6 Å². The Hall–Kier alpha value is -2.91. The molecule has 3 aromatic rings. The smallest absolute Gasteiger partial charge is 0.337 e. The Morgan fingerprint density at radius 2 is 2.13 bits per heavy atom. The maximum absolute atomic E-state index is 13.4. The first-order chi connectivity index (χ1) is 14.9. The zero-order valence-corrected chi connectivity index (χ0v) is 18.0. The molecule has 10 heteroatoms. The average molecular weight is 447 g/mol. The summed E-state index contributed by atoms with van der Waals surface area (Å²) in [6.07, 6.45) is 2.77. The van der Waals surface area contributed by atoms with Crippen LogP contribution in [0.25, 0.3) is 16.9 Å². The molecule has 164 valence electrons. The number of carbonyl (C=O) groups excluding carboxylic acids is 1. The van der Waals surface area contributed by atoms with Crippen LogP contribution in [0.1, 0.15) is 32.7 Å². The Morgan fingerprint density at radius 1 is 1.35 bits per heavy atom. The number of fused-ring (bicyclic) bond motifs is 1. The van der Waals surface area contributed by atoms with Crippen molar-refractivity contribution in [2.24, 2.45) is 0 Å². The fraction of sp³-hybridized carbons (Fsp3) is 0.429. The highest BCUT2D eigenvalue weighted by Crippen LogP contribution is 2.23. The van der Waals surface area contributed by atoms with E-state index in [-0.39, 0.29) is 30.4 Å². The average Bonchev–Trinajstić information content (AvgIpc) is 3.42. The van der Waals surface area contributed by atoms with Gasteiger partial charge in [-0.15, -0.1) is 0 Å². The Morgan fingerprint density at radius 3 is 2.81 bits per heavy atom. The summed E-state index contributed by atoms with van der Waals surface area (Å²) >= 11 is 6.37. The van der Waals surface area contributed by atoms with Gasteiger partial charge in [-0.2, -0.15) is 0 Å². The molecular formula is C21H23ClN4O5. The third-order valence-corrected chi connectivity index (χ3v) is 5.72. The van der Waals surface area contributed by atoms with Gasteiger partial charge in [-0.25, -0.2) is 19.1 Å². The molecule has 0 spiro atoms. The van der Waals surface area contributed by atoms with Crippen LogP contribution in [0.2, 0.25) is 5.02 Å². The lowest BCUT2D eigenvalue weighted by atomic mass is 10.2. The predicted molar refractivity (Wildman–Crippen MR) is 115 cm³/mol. The van der Waals surface area contributed by atoms with Crippen molar-refractivity contribution in [3.8, 4) is 5.69 Å². The molecule has 3 heterocycles. The van der Waals surface area contributed by atoms with E-state index in [4.69, 9.17) is 21.1 Å². The molecule has 0 amide bonds. The van der Waals surface area contributed by atoms with E-state index in [1.807, 2.05) is 0 Å². The van der Waals surface area contributed by atoms with Gasteiger partial charge in [0, 0.05) is 6.61 Å². The summed E-state index contributed by atoms with van der Waals surface area (Å²) in [7, 11) is 0. The number of aromatic nitrogens is 4. The van der Waals surface area contributed by atoms with Crippen molar-refractivity contribution in [2.75, 3.05) is 13.2 Å². The Balaban J connectivity index is 2.00. The van der Waals surface area contributed by atoms with Gasteiger partial charge in [0.15, 0.2) is 11.2 Å². The maximum Gasteiger partial charge on any atom is 0.337 e. The second kappa shape index (κ2) is 8.68. The van der Waals surface area contributed by atoms with E-state index in [0.717, 1.165) is 17.4 Å². The second-order valence-electron chi connectivity index (χ2n) is 7.37. The zero-order chi connectivity index (χ0) is 22.1. The topological polar surface area (TPSA) is 97.4 Å². The molecule has 2 atom stereocenters. The van der Waals surface area contributed by atoms with Crippen LogP contribution in [0.5, 0.6) is 0 Å². The van der Waals surface area contributed by atoms with Gasteiger partial charge in [0.1, 0.15) is 6.04 Å². The molecule has 1 saturated heterocycles. The summed E-state index contributed by atoms with van der Waals surface area (Å²) in [5.74, 6) is -0.498. The molecule has 1 aromatic carbocycles. The van der Waals surface area contributed by atoms with Crippen LogP contribution in [0.4, 0.5) is 0 Å². The molecule has 31 heavy (non-hydrogen) atoms. The zero-order valence-electron chi connectivity index (χ0n) is 17.3. The molecular weight excluding hydrogens is 424 g/mol. The van der Waals surface area contributed by atoms with Crippen molar-refractivity contribution in [2.45, 2.75) is 45.4 Å². The van der Waals surface area contributed by atoms with Gasteiger partial charge in [0.25, 0.3) is 5.56 Å². The summed E-state index contributed by atoms with van der Waals surface area (Å²) in [6, 6.07) is 6.03. The van der Waals surface area contributed by atoms with E-state index in [2.05, 4.69) is 4.98 Å².